The number of guanidine groups is 1. The zero-order valence-corrected chi connectivity index (χ0v) is 11.7. The maximum Gasteiger partial charge on any atom is 0.573 e. The minimum atomic E-state index is -4.70. The van der Waals surface area contributed by atoms with E-state index in [2.05, 4.69) is 21.6 Å². The number of nitrogens with zero attached hydrogens (tertiary/aromatic N) is 1. The zero-order chi connectivity index (χ0) is 15.9. The third-order valence-corrected chi connectivity index (χ3v) is 2.42. The number of halogens is 3. The first-order valence-corrected chi connectivity index (χ1v) is 6.30. The van der Waals surface area contributed by atoms with Crippen LogP contribution in [0.1, 0.15) is 12.5 Å². The summed E-state index contributed by atoms with van der Waals surface area (Å²) in [7, 11) is 0. The number of aliphatic imine (C=N–C) groups is 1. The fourth-order valence-electron chi connectivity index (χ4n) is 1.54. The molecule has 0 saturated heterocycles. The first-order chi connectivity index (χ1) is 9.78. The summed E-state index contributed by atoms with van der Waals surface area (Å²) in [6, 6.07) is 5.99. The van der Waals surface area contributed by atoms with Crippen molar-refractivity contribution in [2.45, 2.75) is 19.7 Å². The van der Waals surface area contributed by atoms with Crippen LogP contribution in [0.15, 0.2) is 41.4 Å². The number of ether oxygens (including phenoxy) is 1. The molecule has 116 valence electrons. The molecule has 0 radical (unpaired) electrons. The van der Waals surface area contributed by atoms with E-state index in [1.807, 2.05) is 6.92 Å². The van der Waals surface area contributed by atoms with Crippen LogP contribution in [-0.2, 0) is 6.42 Å². The summed E-state index contributed by atoms with van der Waals surface area (Å²) in [5, 5.41) is 2.83. The van der Waals surface area contributed by atoms with E-state index in [1.165, 1.54) is 12.1 Å². The Morgan fingerprint density at radius 1 is 1.38 bits per heavy atom. The molecule has 0 amide bonds. The Balaban J connectivity index is 2.56. The second-order valence-corrected chi connectivity index (χ2v) is 4.49. The Kier molecular flexibility index (Phi) is 6.08. The van der Waals surface area contributed by atoms with E-state index in [-0.39, 0.29) is 11.7 Å². The third-order valence-electron chi connectivity index (χ3n) is 2.42. The molecule has 4 nitrogen and oxygen atoms in total. The van der Waals surface area contributed by atoms with Crippen molar-refractivity contribution in [2.24, 2.45) is 10.7 Å². The molecular formula is C14H18F3N3O. The highest BCUT2D eigenvalue weighted by Crippen LogP contribution is 2.26. The van der Waals surface area contributed by atoms with Gasteiger partial charge in [0.05, 0.1) is 6.54 Å². The Labute approximate surface area is 121 Å². The maximum absolute atomic E-state index is 12.3. The minimum Gasteiger partial charge on any atom is -0.406 e. The Morgan fingerprint density at radius 2 is 2.05 bits per heavy atom. The highest BCUT2D eigenvalue weighted by molar-refractivity contribution is 5.77. The average Bonchev–Trinajstić information content (AvgIpc) is 2.36. The molecule has 0 unspecified atom stereocenters. The van der Waals surface area contributed by atoms with Gasteiger partial charge in [0.15, 0.2) is 5.96 Å². The van der Waals surface area contributed by atoms with Crippen molar-refractivity contribution in [3.63, 3.8) is 0 Å². The second kappa shape index (κ2) is 7.56. The zero-order valence-electron chi connectivity index (χ0n) is 11.7. The van der Waals surface area contributed by atoms with Gasteiger partial charge in [-0.1, -0.05) is 30.4 Å². The van der Waals surface area contributed by atoms with E-state index in [1.54, 1.807) is 12.1 Å². The number of rotatable bonds is 6. The number of para-hydroxylation sites is 1. The van der Waals surface area contributed by atoms with E-state index in [0.29, 0.717) is 25.1 Å². The van der Waals surface area contributed by atoms with Gasteiger partial charge in [-0.15, -0.1) is 13.2 Å². The van der Waals surface area contributed by atoms with Gasteiger partial charge in [-0.25, -0.2) is 4.99 Å². The van der Waals surface area contributed by atoms with E-state index in [0.717, 1.165) is 5.57 Å². The van der Waals surface area contributed by atoms with Crippen molar-refractivity contribution >= 4 is 5.96 Å². The van der Waals surface area contributed by atoms with Gasteiger partial charge in [0, 0.05) is 6.54 Å². The van der Waals surface area contributed by atoms with Gasteiger partial charge in [-0.3, -0.25) is 0 Å². The smallest absolute Gasteiger partial charge is 0.406 e. The molecule has 1 aromatic rings. The van der Waals surface area contributed by atoms with Crippen molar-refractivity contribution in [2.75, 3.05) is 13.1 Å². The summed E-state index contributed by atoms with van der Waals surface area (Å²) in [6.07, 6.45) is -4.37. The molecule has 1 rings (SSSR count). The predicted octanol–water partition coefficient (Wildman–Crippen LogP) is 2.61. The quantitative estimate of drug-likeness (QED) is 0.482. The van der Waals surface area contributed by atoms with Crippen molar-refractivity contribution in [3.8, 4) is 5.75 Å². The standard InChI is InChI=1S/C14H18F3N3O/c1-10(2)9-20-13(18)19-8-7-11-5-3-4-6-12(11)21-14(15,16)17/h3-6H,1,7-9H2,2H3,(H3,18,19,20). The summed E-state index contributed by atoms with van der Waals surface area (Å²) in [5.74, 6) is 0.0245. The summed E-state index contributed by atoms with van der Waals surface area (Å²) in [5.41, 5.74) is 6.92. The van der Waals surface area contributed by atoms with Crippen LogP contribution in [0.5, 0.6) is 5.75 Å². The SMILES string of the molecule is C=C(C)CN=C(N)NCCc1ccccc1OC(F)(F)F. The number of hydrogen-bond acceptors (Lipinski definition) is 2. The van der Waals surface area contributed by atoms with E-state index >= 15 is 0 Å². The van der Waals surface area contributed by atoms with Crippen LogP contribution in [-0.4, -0.2) is 25.4 Å². The number of nitrogens with one attached hydrogen (secondary N) is 1. The maximum atomic E-state index is 12.3. The Morgan fingerprint density at radius 3 is 2.67 bits per heavy atom. The molecule has 0 aliphatic heterocycles. The molecule has 21 heavy (non-hydrogen) atoms. The first kappa shape index (κ1) is 16.9. The van der Waals surface area contributed by atoms with Gasteiger partial charge in [-0.2, -0.15) is 0 Å². The fraction of sp³-hybridized carbons (Fsp3) is 0.357. The lowest BCUT2D eigenvalue weighted by Crippen LogP contribution is -2.33. The second-order valence-electron chi connectivity index (χ2n) is 4.49. The van der Waals surface area contributed by atoms with Crippen LogP contribution in [0.2, 0.25) is 0 Å². The van der Waals surface area contributed by atoms with E-state index < -0.39 is 6.36 Å². The molecule has 0 aliphatic rings. The largest absolute Gasteiger partial charge is 0.573 e. The summed E-state index contributed by atoms with van der Waals surface area (Å²) in [4.78, 5) is 4.01. The van der Waals surface area contributed by atoms with Gasteiger partial charge < -0.3 is 15.8 Å². The molecule has 7 heteroatoms. The molecular weight excluding hydrogens is 283 g/mol. The Bertz CT molecular complexity index is 512. The molecule has 0 bridgehead atoms. The fourth-order valence-corrected chi connectivity index (χ4v) is 1.54. The van der Waals surface area contributed by atoms with Crippen LogP contribution < -0.4 is 15.8 Å². The van der Waals surface area contributed by atoms with Gasteiger partial charge >= 0.3 is 6.36 Å². The molecule has 1 aromatic carbocycles. The monoisotopic (exact) mass is 301 g/mol. The van der Waals surface area contributed by atoms with Gasteiger partial charge in [0.2, 0.25) is 0 Å². The summed E-state index contributed by atoms with van der Waals surface area (Å²) >= 11 is 0. The van der Waals surface area contributed by atoms with Crippen LogP contribution >= 0.6 is 0 Å². The van der Waals surface area contributed by atoms with Crippen LogP contribution in [0.25, 0.3) is 0 Å². The third kappa shape index (κ3) is 7.24. The van der Waals surface area contributed by atoms with Gasteiger partial charge in [0.25, 0.3) is 0 Å². The van der Waals surface area contributed by atoms with Gasteiger partial charge in [0.1, 0.15) is 5.75 Å². The van der Waals surface area contributed by atoms with Crippen molar-refractivity contribution in [1.29, 1.82) is 0 Å². The lowest BCUT2D eigenvalue weighted by molar-refractivity contribution is -0.274. The van der Waals surface area contributed by atoms with Crippen LogP contribution in [0, 0.1) is 0 Å². The number of hydrogen-bond donors (Lipinski definition) is 2. The summed E-state index contributed by atoms with van der Waals surface area (Å²) in [6.45, 7) is 6.27. The molecule has 0 heterocycles. The molecule has 0 atom stereocenters. The molecule has 0 fully saturated rings. The lowest BCUT2D eigenvalue weighted by Gasteiger charge is -2.13. The molecule has 3 N–H and O–H groups in total. The Hall–Kier alpha value is -2.18. The summed E-state index contributed by atoms with van der Waals surface area (Å²) < 4.78 is 40.8. The van der Waals surface area contributed by atoms with E-state index in [9.17, 15) is 13.2 Å². The number of benzene rings is 1. The molecule has 0 saturated carbocycles. The van der Waals surface area contributed by atoms with E-state index in [4.69, 9.17) is 5.73 Å². The average molecular weight is 301 g/mol. The predicted molar refractivity (Wildman–Crippen MR) is 76.1 cm³/mol. The normalized spacial score (nSPS) is 12.1. The topological polar surface area (TPSA) is 59.6 Å². The minimum absolute atomic E-state index is 0.204. The van der Waals surface area contributed by atoms with Crippen molar-refractivity contribution in [1.82, 2.24) is 5.32 Å². The lowest BCUT2D eigenvalue weighted by atomic mass is 10.1. The van der Waals surface area contributed by atoms with Crippen molar-refractivity contribution < 1.29 is 17.9 Å². The number of alkyl halides is 3. The van der Waals surface area contributed by atoms with Crippen LogP contribution in [0.3, 0.4) is 0 Å². The first-order valence-electron chi connectivity index (χ1n) is 6.30. The van der Waals surface area contributed by atoms with Crippen molar-refractivity contribution in [3.05, 3.63) is 42.0 Å². The van der Waals surface area contributed by atoms with Gasteiger partial charge in [-0.05, 0) is 25.0 Å². The molecule has 0 aliphatic carbocycles. The highest BCUT2D eigenvalue weighted by atomic mass is 19.4. The number of nitrogens with two attached hydrogens (primary N) is 1. The molecule has 0 aromatic heterocycles. The van der Waals surface area contributed by atoms with Crippen LogP contribution in [0.4, 0.5) is 13.2 Å². The molecule has 0 spiro atoms. The highest BCUT2D eigenvalue weighted by Gasteiger charge is 2.31.